The molecule has 0 unspecified atom stereocenters. The molecule has 166 valence electrons. The Morgan fingerprint density at radius 2 is 1.30 bits per heavy atom. The van der Waals surface area contributed by atoms with Crippen molar-refractivity contribution < 1.29 is 19.4 Å². The minimum atomic E-state index is -0.712. The molecular formula is C22H17N5O6. The van der Waals surface area contributed by atoms with E-state index < -0.39 is 21.7 Å². The van der Waals surface area contributed by atoms with Gasteiger partial charge >= 0.3 is 0 Å². The highest BCUT2D eigenvalue weighted by atomic mass is 16.6. The van der Waals surface area contributed by atoms with Crippen molar-refractivity contribution in [2.45, 2.75) is 0 Å². The third-order valence-corrected chi connectivity index (χ3v) is 4.34. The van der Waals surface area contributed by atoms with E-state index >= 15 is 0 Å². The fraction of sp³-hybridized carbons (Fsp3) is 0. The monoisotopic (exact) mass is 447 g/mol. The standard InChI is InChI=1S/C22H17N5O6/c28-21(16-4-2-1-3-5-16)23-20(14-15-6-10-18(11-7-15)26(30)31)22(29)25-24-17-8-12-19(13-9-17)27(32)33/h1-14,24H,(H,23,28)(H,25,29). The number of nitro groups is 2. The smallest absolute Gasteiger partial charge is 0.286 e. The van der Waals surface area contributed by atoms with E-state index in [1.54, 1.807) is 30.3 Å². The number of amides is 2. The fourth-order valence-electron chi connectivity index (χ4n) is 2.66. The Balaban J connectivity index is 1.80. The lowest BCUT2D eigenvalue weighted by atomic mass is 10.1. The summed E-state index contributed by atoms with van der Waals surface area (Å²) in [4.78, 5) is 45.8. The molecule has 2 amide bonds. The normalized spacial score (nSPS) is 10.7. The van der Waals surface area contributed by atoms with Crippen molar-refractivity contribution in [3.05, 3.63) is 116 Å². The van der Waals surface area contributed by atoms with E-state index in [1.165, 1.54) is 54.6 Å². The van der Waals surface area contributed by atoms with Crippen molar-refractivity contribution in [3.8, 4) is 0 Å². The first-order valence-corrected chi connectivity index (χ1v) is 9.47. The average Bonchev–Trinajstić information content (AvgIpc) is 2.83. The van der Waals surface area contributed by atoms with Crippen LogP contribution in [0.3, 0.4) is 0 Å². The predicted molar refractivity (Wildman–Crippen MR) is 120 cm³/mol. The number of nitrogens with one attached hydrogen (secondary N) is 3. The van der Waals surface area contributed by atoms with Gasteiger partial charge in [-0.1, -0.05) is 18.2 Å². The van der Waals surface area contributed by atoms with Crippen LogP contribution in [0.5, 0.6) is 0 Å². The summed E-state index contributed by atoms with van der Waals surface area (Å²) in [5.74, 6) is -1.25. The molecule has 0 atom stereocenters. The molecular weight excluding hydrogens is 430 g/mol. The zero-order valence-corrected chi connectivity index (χ0v) is 16.9. The second kappa shape index (κ2) is 10.3. The molecule has 0 radical (unpaired) electrons. The summed E-state index contributed by atoms with van der Waals surface area (Å²) < 4.78 is 0. The molecule has 3 rings (SSSR count). The lowest BCUT2D eigenvalue weighted by molar-refractivity contribution is -0.385. The summed E-state index contributed by atoms with van der Waals surface area (Å²) >= 11 is 0. The summed E-state index contributed by atoms with van der Waals surface area (Å²) in [7, 11) is 0. The van der Waals surface area contributed by atoms with Crippen LogP contribution in [0.15, 0.2) is 84.6 Å². The van der Waals surface area contributed by atoms with Crippen LogP contribution in [0.25, 0.3) is 6.08 Å². The largest absolute Gasteiger partial charge is 0.317 e. The topological polar surface area (TPSA) is 157 Å². The van der Waals surface area contributed by atoms with Gasteiger partial charge in [-0.25, -0.2) is 0 Å². The number of nitrogens with zero attached hydrogens (tertiary/aromatic N) is 2. The van der Waals surface area contributed by atoms with E-state index in [2.05, 4.69) is 16.2 Å². The summed E-state index contributed by atoms with van der Waals surface area (Å²) in [6.45, 7) is 0. The van der Waals surface area contributed by atoms with Gasteiger partial charge in [0.2, 0.25) is 0 Å². The number of non-ortho nitro benzene ring substituents is 2. The molecule has 0 bridgehead atoms. The number of carbonyl (C=O) groups excluding carboxylic acids is 2. The van der Waals surface area contributed by atoms with Crippen molar-refractivity contribution >= 4 is 35.0 Å². The van der Waals surface area contributed by atoms with Gasteiger partial charge in [-0.15, -0.1) is 0 Å². The van der Waals surface area contributed by atoms with Crippen LogP contribution < -0.4 is 16.2 Å². The lowest BCUT2D eigenvalue weighted by Gasteiger charge is -2.13. The van der Waals surface area contributed by atoms with Crippen LogP contribution in [0.2, 0.25) is 0 Å². The van der Waals surface area contributed by atoms with E-state index in [1.807, 2.05) is 0 Å². The Morgan fingerprint density at radius 1 is 0.758 bits per heavy atom. The van der Waals surface area contributed by atoms with Crippen molar-refractivity contribution in [2.75, 3.05) is 5.43 Å². The highest BCUT2D eigenvalue weighted by Gasteiger charge is 2.15. The first kappa shape index (κ1) is 22.6. The van der Waals surface area contributed by atoms with Crippen LogP contribution in [-0.2, 0) is 4.79 Å². The van der Waals surface area contributed by atoms with Gasteiger partial charge in [0.05, 0.1) is 15.5 Å². The first-order chi connectivity index (χ1) is 15.8. The van der Waals surface area contributed by atoms with Gasteiger partial charge in [0.15, 0.2) is 0 Å². The van der Waals surface area contributed by atoms with Crippen LogP contribution in [0.1, 0.15) is 15.9 Å². The summed E-state index contributed by atoms with van der Waals surface area (Å²) in [6, 6.07) is 19.0. The number of nitro benzene ring substituents is 2. The van der Waals surface area contributed by atoms with Gasteiger partial charge in [0.25, 0.3) is 23.2 Å². The number of rotatable bonds is 8. The predicted octanol–water partition coefficient (Wildman–Crippen LogP) is 3.42. The summed E-state index contributed by atoms with van der Waals surface area (Å²) in [6.07, 6.45) is 1.36. The minimum absolute atomic E-state index is 0.110. The van der Waals surface area contributed by atoms with Crippen LogP contribution in [0.4, 0.5) is 17.1 Å². The SMILES string of the molecule is O=C(NNc1ccc([N+](=O)[O-])cc1)C(=Cc1ccc([N+](=O)[O-])cc1)NC(=O)c1ccccc1. The molecule has 0 fully saturated rings. The Morgan fingerprint density at radius 3 is 1.85 bits per heavy atom. The molecule has 3 N–H and O–H groups in total. The molecule has 11 nitrogen and oxygen atoms in total. The number of carbonyl (C=O) groups is 2. The first-order valence-electron chi connectivity index (χ1n) is 9.47. The quantitative estimate of drug-likeness (QED) is 0.271. The number of hydrazine groups is 1. The summed E-state index contributed by atoms with van der Waals surface area (Å²) in [5, 5.41) is 24.1. The highest BCUT2D eigenvalue weighted by molar-refractivity contribution is 6.05. The third kappa shape index (κ3) is 6.21. The third-order valence-electron chi connectivity index (χ3n) is 4.34. The van der Waals surface area contributed by atoms with Gasteiger partial charge in [-0.3, -0.25) is 40.7 Å². The van der Waals surface area contributed by atoms with E-state index in [-0.39, 0.29) is 17.1 Å². The molecule has 0 aromatic heterocycles. The van der Waals surface area contributed by atoms with Gasteiger partial charge < -0.3 is 5.32 Å². The van der Waals surface area contributed by atoms with Crippen molar-refractivity contribution in [3.63, 3.8) is 0 Å². The number of anilines is 1. The Hall–Kier alpha value is -5.06. The molecule has 0 spiro atoms. The van der Waals surface area contributed by atoms with Gasteiger partial charge in [-0.2, -0.15) is 0 Å². The Kier molecular flexibility index (Phi) is 7.06. The minimum Gasteiger partial charge on any atom is -0.317 e. The molecule has 0 heterocycles. The molecule has 0 aliphatic heterocycles. The van der Waals surface area contributed by atoms with E-state index in [9.17, 15) is 29.8 Å². The Labute approximate surface area is 187 Å². The second-order valence-corrected chi connectivity index (χ2v) is 6.61. The van der Waals surface area contributed by atoms with Crippen LogP contribution in [-0.4, -0.2) is 21.7 Å². The zero-order chi connectivity index (χ0) is 23.8. The molecule has 0 aliphatic rings. The average molecular weight is 447 g/mol. The molecule has 3 aromatic carbocycles. The molecule has 0 saturated heterocycles. The van der Waals surface area contributed by atoms with E-state index in [0.717, 1.165) is 0 Å². The maximum Gasteiger partial charge on any atom is 0.286 e. The van der Waals surface area contributed by atoms with Crippen molar-refractivity contribution in [2.24, 2.45) is 0 Å². The van der Waals surface area contributed by atoms with Crippen molar-refractivity contribution in [1.82, 2.24) is 10.7 Å². The fourth-order valence-corrected chi connectivity index (χ4v) is 2.66. The molecule has 3 aromatic rings. The number of hydrogen-bond acceptors (Lipinski definition) is 7. The number of benzene rings is 3. The van der Waals surface area contributed by atoms with Crippen molar-refractivity contribution in [1.29, 1.82) is 0 Å². The molecule has 11 heteroatoms. The lowest BCUT2D eigenvalue weighted by Crippen LogP contribution is -2.37. The maximum absolute atomic E-state index is 12.8. The number of hydrogen-bond donors (Lipinski definition) is 3. The van der Waals surface area contributed by atoms with Gasteiger partial charge in [-0.05, 0) is 48.0 Å². The van der Waals surface area contributed by atoms with Crippen LogP contribution in [0, 0.1) is 20.2 Å². The molecule has 33 heavy (non-hydrogen) atoms. The highest BCUT2D eigenvalue weighted by Crippen LogP contribution is 2.16. The van der Waals surface area contributed by atoms with E-state index in [4.69, 9.17) is 0 Å². The van der Waals surface area contributed by atoms with Crippen LogP contribution >= 0.6 is 0 Å². The zero-order valence-electron chi connectivity index (χ0n) is 16.9. The van der Waals surface area contributed by atoms with E-state index in [0.29, 0.717) is 16.8 Å². The maximum atomic E-state index is 12.8. The second-order valence-electron chi connectivity index (χ2n) is 6.61. The van der Waals surface area contributed by atoms with Gasteiger partial charge in [0, 0.05) is 29.8 Å². The molecule has 0 saturated carbocycles. The summed E-state index contributed by atoms with van der Waals surface area (Å²) in [5.41, 5.74) is 5.79. The van der Waals surface area contributed by atoms with Gasteiger partial charge in [0.1, 0.15) is 5.70 Å². The molecule has 0 aliphatic carbocycles. The Bertz CT molecular complexity index is 1210.